The summed E-state index contributed by atoms with van der Waals surface area (Å²) in [7, 11) is 0. The Kier molecular flexibility index (Phi) is 5.69. The molecule has 2 amide bonds. The number of rotatable bonds is 4. The summed E-state index contributed by atoms with van der Waals surface area (Å²) in [4.78, 5) is 36.6. The van der Waals surface area contributed by atoms with Gasteiger partial charge in [0.15, 0.2) is 0 Å². The molecule has 0 aromatic carbocycles. The van der Waals surface area contributed by atoms with E-state index in [0.29, 0.717) is 31.7 Å². The van der Waals surface area contributed by atoms with Crippen LogP contribution in [0.1, 0.15) is 20.7 Å². The molecule has 3 heterocycles. The van der Waals surface area contributed by atoms with Crippen LogP contribution in [0.2, 0.25) is 0 Å². The Bertz CT molecular complexity index is 906. The Morgan fingerprint density at radius 1 is 0.769 bits per heavy atom. The summed E-state index contributed by atoms with van der Waals surface area (Å²) in [6.45, 7) is 0. The molecule has 26 heavy (non-hydrogen) atoms. The van der Waals surface area contributed by atoms with E-state index in [0.717, 1.165) is 0 Å². The van der Waals surface area contributed by atoms with E-state index in [1.165, 1.54) is 12.4 Å². The minimum atomic E-state index is -0.356. The van der Waals surface area contributed by atoms with Gasteiger partial charge < -0.3 is 10.6 Å². The SMILES string of the molecule is O=C(Nc1cccc(NC(=O)c2cncc(Br)c2)n1)c1cncc(Br)c1. The van der Waals surface area contributed by atoms with E-state index < -0.39 is 0 Å². The first-order valence-corrected chi connectivity index (χ1v) is 8.91. The predicted molar refractivity (Wildman–Crippen MR) is 104 cm³/mol. The van der Waals surface area contributed by atoms with E-state index in [9.17, 15) is 9.59 Å². The Hall–Kier alpha value is -2.65. The van der Waals surface area contributed by atoms with Crippen molar-refractivity contribution in [3.63, 3.8) is 0 Å². The lowest BCUT2D eigenvalue weighted by molar-refractivity contribution is 0.101. The maximum atomic E-state index is 12.2. The van der Waals surface area contributed by atoms with E-state index in [4.69, 9.17) is 0 Å². The molecule has 0 aliphatic heterocycles. The molecule has 0 fully saturated rings. The van der Waals surface area contributed by atoms with Crippen LogP contribution in [-0.4, -0.2) is 26.8 Å². The molecule has 0 atom stereocenters. The van der Waals surface area contributed by atoms with Crippen molar-refractivity contribution in [3.05, 3.63) is 75.2 Å². The first kappa shape index (κ1) is 18.2. The molecule has 0 spiro atoms. The number of hydrogen-bond donors (Lipinski definition) is 2. The smallest absolute Gasteiger partial charge is 0.258 e. The molecule has 0 radical (unpaired) electrons. The molecule has 9 heteroatoms. The summed E-state index contributed by atoms with van der Waals surface area (Å²) in [6, 6.07) is 8.22. The minimum Gasteiger partial charge on any atom is -0.306 e. The summed E-state index contributed by atoms with van der Waals surface area (Å²) >= 11 is 6.54. The second-order valence-corrected chi connectivity index (χ2v) is 6.93. The molecule has 0 saturated carbocycles. The van der Waals surface area contributed by atoms with Crippen LogP contribution < -0.4 is 10.6 Å². The van der Waals surface area contributed by atoms with Gasteiger partial charge in [-0.15, -0.1) is 0 Å². The zero-order valence-corrected chi connectivity index (χ0v) is 16.3. The molecule has 0 aliphatic carbocycles. The highest BCUT2D eigenvalue weighted by Gasteiger charge is 2.11. The van der Waals surface area contributed by atoms with Gasteiger partial charge in [-0.1, -0.05) is 6.07 Å². The van der Waals surface area contributed by atoms with Crippen LogP contribution >= 0.6 is 31.9 Å². The first-order valence-electron chi connectivity index (χ1n) is 7.32. The van der Waals surface area contributed by atoms with Crippen molar-refractivity contribution in [2.75, 3.05) is 10.6 Å². The fourth-order valence-electron chi connectivity index (χ4n) is 2.02. The molecular formula is C17H11Br2N5O2. The fourth-order valence-corrected chi connectivity index (χ4v) is 2.75. The molecule has 0 unspecified atom stereocenters. The van der Waals surface area contributed by atoms with Crippen LogP contribution in [0, 0.1) is 0 Å². The van der Waals surface area contributed by atoms with Gasteiger partial charge in [0.2, 0.25) is 0 Å². The molecule has 3 rings (SSSR count). The number of nitrogens with one attached hydrogen (secondary N) is 2. The minimum absolute atomic E-state index is 0.306. The third-order valence-corrected chi connectivity index (χ3v) is 4.03. The highest BCUT2D eigenvalue weighted by Crippen LogP contribution is 2.15. The van der Waals surface area contributed by atoms with Gasteiger partial charge in [-0.2, -0.15) is 0 Å². The van der Waals surface area contributed by atoms with Crippen molar-refractivity contribution in [1.29, 1.82) is 0 Å². The number of carbonyl (C=O) groups excluding carboxylic acids is 2. The summed E-state index contributed by atoms with van der Waals surface area (Å²) in [5.74, 6) is -0.0998. The fraction of sp³-hybridized carbons (Fsp3) is 0. The molecule has 2 N–H and O–H groups in total. The lowest BCUT2D eigenvalue weighted by atomic mass is 10.2. The largest absolute Gasteiger partial charge is 0.306 e. The van der Waals surface area contributed by atoms with Gasteiger partial charge >= 0.3 is 0 Å². The zero-order valence-electron chi connectivity index (χ0n) is 13.1. The van der Waals surface area contributed by atoms with Gasteiger partial charge in [0.25, 0.3) is 11.8 Å². The molecular weight excluding hydrogens is 466 g/mol. The Labute approximate surface area is 165 Å². The van der Waals surface area contributed by atoms with Crippen LogP contribution in [0.5, 0.6) is 0 Å². The Morgan fingerprint density at radius 3 is 1.65 bits per heavy atom. The van der Waals surface area contributed by atoms with Gasteiger partial charge in [0.1, 0.15) is 11.6 Å². The summed E-state index contributed by atoms with van der Waals surface area (Å²) in [5.41, 5.74) is 0.770. The van der Waals surface area contributed by atoms with E-state index in [2.05, 4.69) is 57.4 Å². The van der Waals surface area contributed by atoms with Gasteiger partial charge in [0, 0.05) is 33.7 Å². The van der Waals surface area contributed by atoms with Crippen molar-refractivity contribution < 1.29 is 9.59 Å². The van der Waals surface area contributed by atoms with Gasteiger partial charge in [-0.3, -0.25) is 19.6 Å². The van der Waals surface area contributed by atoms with Gasteiger partial charge in [0.05, 0.1) is 11.1 Å². The number of aromatic nitrogens is 3. The van der Waals surface area contributed by atoms with Crippen LogP contribution in [-0.2, 0) is 0 Å². The highest BCUT2D eigenvalue weighted by molar-refractivity contribution is 9.10. The normalized spacial score (nSPS) is 10.2. The molecule has 3 aromatic rings. The van der Waals surface area contributed by atoms with Crippen molar-refractivity contribution in [2.24, 2.45) is 0 Å². The lowest BCUT2D eigenvalue weighted by Crippen LogP contribution is -2.16. The summed E-state index contributed by atoms with van der Waals surface area (Å²) in [6.07, 6.45) is 6.07. The van der Waals surface area contributed by atoms with E-state index >= 15 is 0 Å². The van der Waals surface area contributed by atoms with Gasteiger partial charge in [-0.05, 0) is 56.1 Å². The Morgan fingerprint density at radius 2 is 1.23 bits per heavy atom. The third kappa shape index (κ3) is 4.70. The molecule has 7 nitrogen and oxygen atoms in total. The number of pyridine rings is 3. The summed E-state index contributed by atoms with van der Waals surface area (Å²) < 4.78 is 1.39. The van der Waals surface area contributed by atoms with Crippen LogP contribution in [0.3, 0.4) is 0 Å². The lowest BCUT2D eigenvalue weighted by Gasteiger charge is -2.08. The zero-order chi connectivity index (χ0) is 18.5. The van der Waals surface area contributed by atoms with Gasteiger partial charge in [-0.25, -0.2) is 4.98 Å². The van der Waals surface area contributed by atoms with Crippen LogP contribution in [0.4, 0.5) is 11.6 Å². The second-order valence-electron chi connectivity index (χ2n) is 5.10. The average Bonchev–Trinajstić information content (AvgIpc) is 2.62. The Balaban J connectivity index is 1.72. The van der Waals surface area contributed by atoms with Crippen molar-refractivity contribution in [3.8, 4) is 0 Å². The molecule has 0 aliphatic rings. The topological polar surface area (TPSA) is 96.9 Å². The molecule has 0 saturated heterocycles. The average molecular weight is 477 g/mol. The first-order chi connectivity index (χ1) is 12.5. The maximum Gasteiger partial charge on any atom is 0.258 e. The number of hydrogen-bond acceptors (Lipinski definition) is 5. The third-order valence-electron chi connectivity index (χ3n) is 3.17. The monoisotopic (exact) mass is 475 g/mol. The molecule has 130 valence electrons. The van der Waals surface area contributed by atoms with Crippen molar-refractivity contribution >= 4 is 55.3 Å². The highest BCUT2D eigenvalue weighted by atomic mass is 79.9. The standard InChI is InChI=1S/C17H11Br2N5O2/c18-12-4-10(6-20-8-12)16(25)23-14-2-1-3-15(22-14)24-17(26)11-5-13(19)9-21-7-11/h1-9H,(H2,22,23,24,25,26). The van der Waals surface area contributed by atoms with Crippen LogP contribution in [0.15, 0.2) is 64.1 Å². The van der Waals surface area contributed by atoms with E-state index in [1.54, 1.807) is 42.7 Å². The van der Waals surface area contributed by atoms with E-state index in [1.807, 2.05) is 0 Å². The van der Waals surface area contributed by atoms with Crippen molar-refractivity contribution in [2.45, 2.75) is 0 Å². The number of halogens is 2. The number of nitrogens with zero attached hydrogens (tertiary/aromatic N) is 3. The predicted octanol–water partition coefficient (Wildman–Crippen LogP) is 3.90. The number of anilines is 2. The summed E-state index contributed by atoms with van der Waals surface area (Å²) in [5, 5.41) is 5.33. The molecule has 3 aromatic heterocycles. The second kappa shape index (κ2) is 8.15. The number of carbonyl (C=O) groups is 2. The number of amides is 2. The maximum absolute atomic E-state index is 12.2. The quantitative estimate of drug-likeness (QED) is 0.595. The van der Waals surface area contributed by atoms with Crippen LogP contribution in [0.25, 0.3) is 0 Å². The molecule has 0 bridgehead atoms. The van der Waals surface area contributed by atoms with Crippen molar-refractivity contribution in [1.82, 2.24) is 15.0 Å². The van der Waals surface area contributed by atoms with E-state index in [-0.39, 0.29) is 11.8 Å².